The van der Waals surface area contributed by atoms with Crippen LogP contribution in [0.3, 0.4) is 0 Å². The van der Waals surface area contributed by atoms with E-state index in [-0.39, 0.29) is 0 Å². The molecule has 100 valence electrons. The zero-order chi connectivity index (χ0) is 13.8. The van der Waals surface area contributed by atoms with E-state index in [4.69, 9.17) is 23.2 Å². The number of aromatic nitrogens is 2. The highest BCUT2D eigenvalue weighted by Gasteiger charge is 2.15. The summed E-state index contributed by atoms with van der Waals surface area (Å²) >= 11 is 12.5. The molecule has 0 aliphatic rings. The van der Waals surface area contributed by atoms with Gasteiger partial charge in [0.25, 0.3) is 0 Å². The molecule has 0 unspecified atom stereocenters. The highest BCUT2D eigenvalue weighted by molar-refractivity contribution is 6.37. The van der Waals surface area contributed by atoms with Gasteiger partial charge in [-0.25, -0.2) is 9.97 Å². The van der Waals surface area contributed by atoms with E-state index in [1.807, 2.05) is 49.1 Å². The van der Waals surface area contributed by atoms with E-state index in [0.717, 1.165) is 18.7 Å². The fourth-order valence-corrected chi connectivity index (χ4v) is 2.49. The van der Waals surface area contributed by atoms with Crippen LogP contribution in [0.2, 0.25) is 10.3 Å². The van der Waals surface area contributed by atoms with E-state index in [9.17, 15) is 0 Å². The number of anilines is 1. The van der Waals surface area contributed by atoms with E-state index >= 15 is 0 Å². The lowest BCUT2D eigenvalue weighted by Gasteiger charge is -2.19. The van der Waals surface area contributed by atoms with Gasteiger partial charge in [0.15, 0.2) is 0 Å². The zero-order valence-corrected chi connectivity index (χ0v) is 12.4. The molecule has 1 aromatic heterocycles. The Morgan fingerprint density at radius 1 is 0.947 bits per heavy atom. The second-order valence-corrected chi connectivity index (χ2v) is 4.73. The molecular formula is C14H15Cl2N3. The first kappa shape index (κ1) is 14.1. The van der Waals surface area contributed by atoms with E-state index in [2.05, 4.69) is 9.97 Å². The van der Waals surface area contributed by atoms with Crippen LogP contribution >= 0.6 is 23.2 Å². The maximum Gasteiger partial charge on any atom is 0.228 e. The van der Waals surface area contributed by atoms with Gasteiger partial charge in [0.1, 0.15) is 10.3 Å². The van der Waals surface area contributed by atoms with Crippen molar-refractivity contribution in [3.05, 3.63) is 40.6 Å². The molecule has 1 heterocycles. The summed E-state index contributed by atoms with van der Waals surface area (Å²) in [5.41, 5.74) is 1.60. The van der Waals surface area contributed by atoms with Crippen molar-refractivity contribution < 1.29 is 0 Å². The van der Waals surface area contributed by atoms with Crippen molar-refractivity contribution in [1.29, 1.82) is 0 Å². The highest BCUT2D eigenvalue weighted by atomic mass is 35.5. The molecule has 0 radical (unpaired) electrons. The number of hydrogen-bond acceptors (Lipinski definition) is 3. The minimum absolute atomic E-state index is 0.383. The molecule has 19 heavy (non-hydrogen) atoms. The Morgan fingerprint density at radius 3 is 1.95 bits per heavy atom. The summed E-state index contributed by atoms with van der Waals surface area (Å²) in [5, 5.41) is 0.765. The molecule has 1 aromatic carbocycles. The predicted octanol–water partition coefficient (Wildman–Crippen LogP) is 4.30. The average molecular weight is 296 g/mol. The third-order valence-corrected chi connectivity index (χ3v) is 3.46. The minimum Gasteiger partial charge on any atom is -0.341 e. The van der Waals surface area contributed by atoms with Gasteiger partial charge in [-0.15, -0.1) is 0 Å². The number of nitrogens with zero attached hydrogens (tertiary/aromatic N) is 3. The Hall–Kier alpha value is -1.32. The van der Waals surface area contributed by atoms with Crippen molar-refractivity contribution in [3.63, 3.8) is 0 Å². The van der Waals surface area contributed by atoms with Gasteiger partial charge in [-0.1, -0.05) is 53.5 Å². The summed E-state index contributed by atoms with van der Waals surface area (Å²) in [6, 6.07) is 9.68. The van der Waals surface area contributed by atoms with Crippen molar-refractivity contribution in [3.8, 4) is 11.1 Å². The lowest BCUT2D eigenvalue weighted by atomic mass is 10.1. The van der Waals surface area contributed by atoms with Crippen molar-refractivity contribution in [2.24, 2.45) is 0 Å². The summed E-state index contributed by atoms with van der Waals surface area (Å²) in [6.07, 6.45) is 0. The fourth-order valence-electron chi connectivity index (χ4n) is 1.89. The normalized spacial score (nSPS) is 10.5. The Morgan fingerprint density at radius 2 is 1.47 bits per heavy atom. The monoisotopic (exact) mass is 295 g/mol. The van der Waals surface area contributed by atoms with Crippen LogP contribution < -0.4 is 4.90 Å². The standard InChI is InChI=1S/C14H15Cl2N3/c1-3-19(4-2)14-17-12(15)11(13(16)18-14)10-8-6-5-7-9-10/h5-9H,3-4H2,1-2H3. The molecule has 3 nitrogen and oxygen atoms in total. The second kappa shape index (κ2) is 6.22. The van der Waals surface area contributed by atoms with Gasteiger partial charge in [-0.05, 0) is 19.4 Å². The van der Waals surface area contributed by atoms with Gasteiger partial charge in [0, 0.05) is 13.1 Å². The van der Waals surface area contributed by atoms with Crippen LogP contribution in [0.1, 0.15) is 13.8 Å². The molecule has 0 aliphatic carbocycles. The molecule has 0 saturated carbocycles. The maximum absolute atomic E-state index is 6.26. The fraction of sp³-hybridized carbons (Fsp3) is 0.286. The highest BCUT2D eigenvalue weighted by Crippen LogP contribution is 2.33. The molecule has 2 aromatic rings. The number of benzene rings is 1. The van der Waals surface area contributed by atoms with E-state index in [1.54, 1.807) is 0 Å². The zero-order valence-electron chi connectivity index (χ0n) is 10.9. The molecule has 0 fully saturated rings. The topological polar surface area (TPSA) is 29.0 Å². The van der Waals surface area contributed by atoms with Crippen molar-refractivity contribution >= 4 is 29.2 Å². The number of halogens is 2. The Bertz CT molecular complexity index is 531. The van der Waals surface area contributed by atoms with Gasteiger partial charge in [-0.2, -0.15) is 0 Å². The second-order valence-electron chi connectivity index (χ2n) is 4.02. The van der Waals surface area contributed by atoms with Crippen molar-refractivity contribution in [1.82, 2.24) is 9.97 Å². The predicted molar refractivity (Wildman–Crippen MR) is 81.0 cm³/mol. The molecule has 0 spiro atoms. The Kier molecular flexibility index (Phi) is 4.61. The molecule has 0 amide bonds. The summed E-state index contributed by atoms with van der Waals surface area (Å²) in [7, 11) is 0. The molecule has 0 aliphatic heterocycles. The Balaban J connectivity index is 2.49. The average Bonchev–Trinajstić information content (AvgIpc) is 2.40. The molecule has 0 saturated heterocycles. The van der Waals surface area contributed by atoms with Crippen LogP contribution in [0.25, 0.3) is 11.1 Å². The van der Waals surface area contributed by atoms with Crippen LogP contribution in [0.5, 0.6) is 0 Å². The first-order valence-electron chi connectivity index (χ1n) is 6.20. The first-order valence-corrected chi connectivity index (χ1v) is 6.96. The van der Waals surface area contributed by atoms with Crippen LogP contribution in [0, 0.1) is 0 Å². The van der Waals surface area contributed by atoms with Crippen molar-refractivity contribution in [2.75, 3.05) is 18.0 Å². The SMILES string of the molecule is CCN(CC)c1nc(Cl)c(-c2ccccc2)c(Cl)n1. The van der Waals surface area contributed by atoms with Crippen molar-refractivity contribution in [2.45, 2.75) is 13.8 Å². The van der Waals surface area contributed by atoms with Gasteiger partial charge in [-0.3, -0.25) is 0 Å². The van der Waals surface area contributed by atoms with Crippen LogP contribution in [-0.4, -0.2) is 23.1 Å². The van der Waals surface area contributed by atoms with Crippen LogP contribution in [-0.2, 0) is 0 Å². The summed E-state index contributed by atoms with van der Waals surface area (Å²) < 4.78 is 0. The lowest BCUT2D eigenvalue weighted by Crippen LogP contribution is -2.24. The number of hydrogen-bond donors (Lipinski definition) is 0. The summed E-state index contributed by atoms with van der Waals surface area (Å²) in [4.78, 5) is 10.7. The molecule has 0 bridgehead atoms. The first-order chi connectivity index (χ1) is 9.17. The largest absolute Gasteiger partial charge is 0.341 e. The molecule has 0 N–H and O–H groups in total. The molecular weight excluding hydrogens is 281 g/mol. The van der Waals surface area contributed by atoms with Gasteiger partial charge < -0.3 is 4.90 Å². The third-order valence-electron chi connectivity index (χ3n) is 2.92. The van der Waals surface area contributed by atoms with Gasteiger partial charge in [0.2, 0.25) is 5.95 Å². The Labute approximate surface area is 123 Å². The third kappa shape index (κ3) is 2.99. The van der Waals surface area contributed by atoms with E-state index < -0.39 is 0 Å². The van der Waals surface area contributed by atoms with Gasteiger partial charge >= 0.3 is 0 Å². The van der Waals surface area contributed by atoms with Crippen LogP contribution in [0.4, 0.5) is 5.95 Å². The molecule has 0 atom stereocenters. The minimum atomic E-state index is 0.383. The van der Waals surface area contributed by atoms with E-state index in [0.29, 0.717) is 21.8 Å². The maximum atomic E-state index is 6.26. The van der Waals surface area contributed by atoms with Crippen LogP contribution in [0.15, 0.2) is 30.3 Å². The lowest BCUT2D eigenvalue weighted by molar-refractivity contribution is 0.822. The van der Waals surface area contributed by atoms with E-state index in [1.165, 1.54) is 0 Å². The molecule has 2 rings (SSSR count). The van der Waals surface area contributed by atoms with Gasteiger partial charge in [0.05, 0.1) is 5.56 Å². The summed E-state index contributed by atoms with van der Waals surface area (Å²) in [5.74, 6) is 0.569. The smallest absolute Gasteiger partial charge is 0.228 e. The summed E-state index contributed by atoms with van der Waals surface area (Å²) in [6.45, 7) is 5.71. The quantitative estimate of drug-likeness (QED) is 0.788. The molecule has 5 heteroatoms. The number of rotatable bonds is 4.